The molecule has 1 aromatic carbocycles. The fraction of sp³-hybridized carbons (Fsp3) is 0.429. The second kappa shape index (κ2) is 6.44. The number of nitrogens with one attached hydrogen (secondary N) is 1. The van der Waals surface area contributed by atoms with Gasteiger partial charge < -0.3 is 10.1 Å². The zero-order valence-electron chi connectivity index (χ0n) is 11.3. The molecule has 0 heterocycles. The van der Waals surface area contributed by atoms with E-state index in [0.29, 0.717) is 22.7 Å². The van der Waals surface area contributed by atoms with Crippen LogP contribution in [0.15, 0.2) is 18.2 Å². The predicted molar refractivity (Wildman–Crippen MR) is 75.1 cm³/mol. The van der Waals surface area contributed by atoms with E-state index >= 15 is 0 Å². The zero-order chi connectivity index (χ0) is 14.5. The summed E-state index contributed by atoms with van der Waals surface area (Å²) in [5.41, 5.74) is 0.103. The van der Waals surface area contributed by atoms with Gasteiger partial charge in [0.2, 0.25) is 0 Å². The van der Waals surface area contributed by atoms with Crippen molar-refractivity contribution < 1.29 is 9.53 Å². The van der Waals surface area contributed by atoms with Crippen LogP contribution in [-0.2, 0) is 9.53 Å². The first kappa shape index (κ1) is 15.3. The van der Waals surface area contributed by atoms with Gasteiger partial charge in [0.15, 0.2) is 0 Å². The van der Waals surface area contributed by atoms with Crippen LogP contribution < -0.4 is 5.32 Å². The quantitative estimate of drug-likeness (QED) is 0.840. The Hall–Kier alpha value is -1.73. The molecule has 0 aliphatic carbocycles. The van der Waals surface area contributed by atoms with Crippen molar-refractivity contribution in [2.75, 3.05) is 12.4 Å². The molecule has 0 fully saturated rings. The van der Waals surface area contributed by atoms with Crippen molar-refractivity contribution in [1.29, 1.82) is 5.26 Å². The number of nitrogens with zero attached hydrogens (tertiary/aromatic N) is 1. The number of hydrogen-bond acceptors (Lipinski definition) is 4. The predicted octanol–water partition coefficient (Wildman–Crippen LogP) is 3.36. The molecule has 4 nitrogen and oxygen atoms in total. The van der Waals surface area contributed by atoms with Crippen LogP contribution >= 0.6 is 11.6 Å². The van der Waals surface area contributed by atoms with Crippen molar-refractivity contribution in [2.24, 2.45) is 0 Å². The fourth-order valence-corrected chi connectivity index (χ4v) is 2.13. The smallest absolute Gasteiger partial charge is 0.331 e. The summed E-state index contributed by atoms with van der Waals surface area (Å²) >= 11 is 5.93. The maximum atomic E-state index is 11.9. The van der Waals surface area contributed by atoms with Crippen LogP contribution in [0.1, 0.15) is 32.3 Å². The van der Waals surface area contributed by atoms with E-state index in [-0.39, 0.29) is 5.97 Å². The lowest BCUT2D eigenvalue weighted by Crippen LogP contribution is -2.44. The van der Waals surface area contributed by atoms with Gasteiger partial charge in [-0.2, -0.15) is 5.26 Å². The maximum Gasteiger partial charge on any atom is 0.331 e. The SMILES string of the molecule is CCCC(C)(Nc1cc(Cl)ccc1C#N)C(=O)OC. The summed E-state index contributed by atoms with van der Waals surface area (Å²) in [6.07, 6.45) is 1.40. The van der Waals surface area contributed by atoms with Crippen molar-refractivity contribution in [1.82, 2.24) is 0 Å². The van der Waals surface area contributed by atoms with Crippen molar-refractivity contribution in [2.45, 2.75) is 32.2 Å². The molecule has 0 aliphatic rings. The van der Waals surface area contributed by atoms with Crippen molar-refractivity contribution in [3.05, 3.63) is 28.8 Å². The summed E-state index contributed by atoms with van der Waals surface area (Å²) in [7, 11) is 1.35. The molecule has 0 spiro atoms. The Morgan fingerprint density at radius 3 is 2.79 bits per heavy atom. The Balaban J connectivity index is 3.13. The standard InChI is InChI=1S/C14H17ClN2O2/c1-4-7-14(2,13(18)19-3)17-12-8-11(15)6-5-10(12)9-16/h5-6,8,17H,4,7H2,1-3H3. The minimum Gasteiger partial charge on any atom is -0.467 e. The lowest BCUT2D eigenvalue weighted by molar-refractivity contribution is -0.145. The first-order chi connectivity index (χ1) is 8.96. The van der Waals surface area contributed by atoms with Gasteiger partial charge in [-0.1, -0.05) is 24.9 Å². The van der Waals surface area contributed by atoms with Gasteiger partial charge in [0.05, 0.1) is 18.4 Å². The number of benzene rings is 1. The normalized spacial score (nSPS) is 13.2. The Bertz CT molecular complexity index is 511. The summed E-state index contributed by atoms with van der Waals surface area (Å²) < 4.78 is 4.83. The summed E-state index contributed by atoms with van der Waals surface area (Å²) in [4.78, 5) is 11.9. The summed E-state index contributed by atoms with van der Waals surface area (Å²) in [5.74, 6) is -0.363. The van der Waals surface area contributed by atoms with E-state index in [1.165, 1.54) is 7.11 Å². The number of methoxy groups -OCH3 is 1. The molecular weight excluding hydrogens is 264 g/mol. The molecule has 0 bridgehead atoms. The fourth-order valence-electron chi connectivity index (χ4n) is 1.96. The largest absolute Gasteiger partial charge is 0.467 e. The lowest BCUT2D eigenvalue weighted by Gasteiger charge is -2.29. The molecule has 0 aliphatic heterocycles. The highest BCUT2D eigenvalue weighted by Gasteiger charge is 2.33. The third-order valence-corrected chi connectivity index (χ3v) is 3.13. The third kappa shape index (κ3) is 3.62. The lowest BCUT2D eigenvalue weighted by atomic mass is 9.95. The molecule has 0 saturated heterocycles. The highest BCUT2D eigenvalue weighted by Crippen LogP contribution is 2.26. The van der Waals surface area contributed by atoms with Crippen LogP contribution in [-0.4, -0.2) is 18.6 Å². The Morgan fingerprint density at radius 1 is 1.58 bits per heavy atom. The highest BCUT2D eigenvalue weighted by atomic mass is 35.5. The maximum absolute atomic E-state index is 11.9. The number of carbonyl (C=O) groups excluding carboxylic acids is 1. The number of hydrogen-bond donors (Lipinski definition) is 1. The van der Waals surface area contributed by atoms with Crippen LogP contribution in [0.4, 0.5) is 5.69 Å². The van der Waals surface area contributed by atoms with Gasteiger partial charge in [0, 0.05) is 5.02 Å². The number of anilines is 1. The van der Waals surface area contributed by atoms with Crippen LogP contribution in [0, 0.1) is 11.3 Å². The van der Waals surface area contributed by atoms with E-state index in [1.54, 1.807) is 25.1 Å². The number of esters is 1. The molecular formula is C14H17ClN2O2. The molecule has 0 radical (unpaired) electrons. The average molecular weight is 281 g/mol. The van der Waals surface area contributed by atoms with Crippen LogP contribution in [0.2, 0.25) is 5.02 Å². The molecule has 1 unspecified atom stereocenters. The van der Waals surface area contributed by atoms with Gasteiger partial charge in [0.1, 0.15) is 11.6 Å². The molecule has 0 amide bonds. The van der Waals surface area contributed by atoms with E-state index < -0.39 is 5.54 Å². The monoisotopic (exact) mass is 280 g/mol. The van der Waals surface area contributed by atoms with Gasteiger partial charge in [0.25, 0.3) is 0 Å². The molecule has 1 aromatic rings. The van der Waals surface area contributed by atoms with Crippen molar-refractivity contribution in [3.8, 4) is 6.07 Å². The summed E-state index contributed by atoms with van der Waals surface area (Å²) in [6, 6.07) is 6.97. The summed E-state index contributed by atoms with van der Waals surface area (Å²) in [6.45, 7) is 3.73. The minimum absolute atomic E-state index is 0.363. The molecule has 0 aromatic heterocycles. The van der Waals surface area contributed by atoms with E-state index in [0.717, 1.165) is 6.42 Å². The molecule has 1 rings (SSSR count). The van der Waals surface area contributed by atoms with Gasteiger partial charge in [-0.25, -0.2) is 4.79 Å². The number of ether oxygens (including phenoxy) is 1. The van der Waals surface area contributed by atoms with E-state index in [9.17, 15) is 4.79 Å². The van der Waals surface area contributed by atoms with E-state index in [1.807, 2.05) is 6.92 Å². The Labute approximate surface area is 118 Å². The first-order valence-corrected chi connectivity index (χ1v) is 6.41. The molecule has 19 heavy (non-hydrogen) atoms. The highest BCUT2D eigenvalue weighted by molar-refractivity contribution is 6.30. The van der Waals surface area contributed by atoms with Gasteiger partial charge in [-0.05, 0) is 31.5 Å². The van der Waals surface area contributed by atoms with Crippen LogP contribution in [0.25, 0.3) is 0 Å². The van der Waals surface area contributed by atoms with Crippen molar-refractivity contribution >= 4 is 23.3 Å². The van der Waals surface area contributed by atoms with Gasteiger partial charge >= 0.3 is 5.97 Å². The Morgan fingerprint density at radius 2 is 2.26 bits per heavy atom. The van der Waals surface area contributed by atoms with E-state index in [4.69, 9.17) is 21.6 Å². The molecule has 0 saturated carbocycles. The zero-order valence-corrected chi connectivity index (χ0v) is 12.0. The van der Waals surface area contributed by atoms with Crippen molar-refractivity contribution in [3.63, 3.8) is 0 Å². The Kier molecular flexibility index (Phi) is 5.20. The van der Waals surface area contributed by atoms with Gasteiger partial charge in [-0.3, -0.25) is 0 Å². The van der Waals surface area contributed by atoms with E-state index in [2.05, 4.69) is 11.4 Å². The average Bonchev–Trinajstić information content (AvgIpc) is 2.38. The number of rotatable bonds is 5. The first-order valence-electron chi connectivity index (χ1n) is 6.03. The third-order valence-electron chi connectivity index (χ3n) is 2.90. The number of carbonyl (C=O) groups is 1. The molecule has 1 N–H and O–H groups in total. The second-order valence-corrected chi connectivity index (χ2v) is 4.94. The van der Waals surface area contributed by atoms with Gasteiger partial charge in [-0.15, -0.1) is 0 Å². The second-order valence-electron chi connectivity index (χ2n) is 4.50. The molecule has 102 valence electrons. The number of halogens is 1. The van der Waals surface area contributed by atoms with Crippen LogP contribution in [0.5, 0.6) is 0 Å². The number of nitriles is 1. The topological polar surface area (TPSA) is 62.1 Å². The molecule has 5 heteroatoms. The van der Waals surface area contributed by atoms with Crippen LogP contribution in [0.3, 0.4) is 0 Å². The summed E-state index contributed by atoms with van der Waals surface area (Å²) in [5, 5.41) is 12.7. The molecule has 1 atom stereocenters. The minimum atomic E-state index is -0.875.